The molecule has 0 heterocycles. The lowest BCUT2D eigenvalue weighted by Crippen LogP contribution is -2.01. The Balaban J connectivity index is 2.63. The molecule has 0 N–H and O–H groups in total. The monoisotopic (exact) mass is 121 g/mol. The molecule has 0 aliphatic heterocycles. The molecule has 0 rings (SSSR count). The van der Waals surface area contributed by atoms with Gasteiger partial charge in [-0.05, 0) is 6.92 Å². The third kappa shape index (κ3) is 4.47. The molecule has 0 fully saturated rings. The van der Waals surface area contributed by atoms with Crippen molar-refractivity contribution < 1.29 is 4.74 Å². The first-order valence-corrected chi connectivity index (χ1v) is 2.75. The number of halogens is 1. The average Bonchev–Trinajstić information content (AvgIpc) is 1.35. The van der Waals surface area contributed by atoms with Gasteiger partial charge >= 0.3 is 0 Å². The number of hydrogen-bond acceptors (Lipinski definition) is 1. The van der Waals surface area contributed by atoms with E-state index in [1.54, 1.807) is 0 Å². The van der Waals surface area contributed by atoms with Gasteiger partial charge in [-0.15, -0.1) is 0 Å². The van der Waals surface area contributed by atoms with Crippen LogP contribution in [0.25, 0.3) is 0 Å². The minimum absolute atomic E-state index is 0.324. The minimum Gasteiger partial charge on any atom is -0.368 e. The van der Waals surface area contributed by atoms with E-state index < -0.39 is 0 Å². The summed E-state index contributed by atoms with van der Waals surface area (Å²) in [6.07, 6.45) is 0. The second kappa shape index (κ2) is 3.65. The molecule has 3 radical (unpaired) electrons. The van der Waals surface area contributed by atoms with E-state index in [9.17, 15) is 0 Å². The Morgan fingerprint density at radius 3 is 2.50 bits per heavy atom. The fraction of sp³-hybridized carbons (Fsp3) is 1.00. The highest BCUT2D eigenvalue weighted by Gasteiger charge is 1.87. The van der Waals surface area contributed by atoms with Crippen molar-refractivity contribution in [2.24, 2.45) is 0 Å². The average molecular weight is 122 g/mol. The maximum Gasteiger partial charge on any atom is 0.111 e. The zero-order valence-electron chi connectivity index (χ0n) is 3.57. The van der Waals surface area contributed by atoms with Crippen LogP contribution in [0.15, 0.2) is 0 Å². The maximum atomic E-state index is 5.27. The van der Waals surface area contributed by atoms with E-state index in [1.807, 2.05) is 6.92 Å². The van der Waals surface area contributed by atoms with Gasteiger partial charge in [0, 0.05) is 6.61 Å². The summed E-state index contributed by atoms with van der Waals surface area (Å²) in [5.74, 6) is 0. The number of ether oxygens (including phenoxy) is 1. The van der Waals surface area contributed by atoms with Crippen molar-refractivity contribution in [2.45, 2.75) is 12.1 Å². The standard InChI is InChI=1S/C3H6ClOSi/c1-2-5-3(4)6/h3H,2H2,1H3. The van der Waals surface area contributed by atoms with Gasteiger partial charge in [-0.3, -0.25) is 0 Å². The Labute approximate surface area is 46.1 Å². The molecule has 1 atom stereocenters. The van der Waals surface area contributed by atoms with Crippen LogP contribution in [0.2, 0.25) is 0 Å². The van der Waals surface area contributed by atoms with Crippen molar-refractivity contribution in [3.05, 3.63) is 0 Å². The number of hydrogen-bond donors (Lipinski definition) is 0. The van der Waals surface area contributed by atoms with Crippen molar-refractivity contribution in [3.8, 4) is 0 Å². The Bertz CT molecular complexity index is 32.0. The second-order valence-corrected chi connectivity index (χ2v) is 2.06. The fourth-order valence-electron chi connectivity index (χ4n) is 0.146. The van der Waals surface area contributed by atoms with E-state index >= 15 is 0 Å². The van der Waals surface area contributed by atoms with E-state index in [4.69, 9.17) is 16.3 Å². The van der Waals surface area contributed by atoms with Crippen LogP contribution in [-0.4, -0.2) is 22.0 Å². The Hall–Kier alpha value is 0.467. The third-order valence-electron chi connectivity index (χ3n) is 0.313. The summed E-state index contributed by atoms with van der Waals surface area (Å²) in [6.45, 7) is 2.53. The molecular weight excluding hydrogens is 116 g/mol. The largest absolute Gasteiger partial charge is 0.368 e. The van der Waals surface area contributed by atoms with Gasteiger partial charge in [0.2, 0.25) is 0 Å². The first-order chi connectivity index (χ1) is 2.77. The quantitative estimate of drug-likeness (QED) is 0.386. The summed E-state index contributed by atoms with van der Waals surface area (Å²) in [5, 5.41) is -0.324. The van der Waals surface area contributed by atoms with E-state index in [0.717, 1.165) is 0 Å². The van der Waals surface area contributed by atoms with E-state index in [2.05, 4.69) is 10.2 Å². The molecule has 1 unspecified atom stereocenters. The predicted octanol–water partition coefficient (Wildman–Crippen LogP) is 0.714. The summed E-state index contributed by atoms with van der Waals surface area (Å²) in [7, 11) is 3.02. The summed E-state index contributed by atoms with van der Waals surface area (Å²) in [5.41, 5.74) is 0. The molecule has 0 amide bonds. The zero-order valence-corrected chi connectivity index (χ0v) is 5.33. The topological polar surface area (TPSA) is 9.23 Å². The van der Waals surface area contributed by atoms with Crippen molar-refractivity contribution in [3.63, 3.8) is 0 Å². The van der Waals surface area contributed by atoms with Crippen molar-refractivity contribution in [1.29, 1.82) is 0 Å². The van der Waals surface area contributed by atoms with Crippen LogP contribution in [0.4, 0.5) is 0 Å². The molecule has 1 nitrogen and oxygen atoms in total. The van der Waals surface area contributed by atoms with Gasteiger partial charge in [-0.1, -0.05) is 11.6 Å². The number of rotatable bonds is 2. The molecular formula is C3H6ClOSi. The second-order valence-electron chi connectivity index (χ2n) is 0.771. The Morgan fingerprint density at radius 2 is 2.50 bits per heavy atom. The van der Waals surface area contributed by atoms with Gasteiger partial charge in [0.25, 0.3) is 0 Å². The van der Waals surface area contributed by atoms with Gasteiger partial charge in [0.05, 0.1) is 10.2 Å². The first kappa shape index (κ1) is 6.47. The zero-order chi connectivity index (χ0) is 4.99. The predicted molar refractivity (Wildman–Crippen MR) is 27.0 cm³/mol. The lowest BCUT2D eigenvalue weighted by Gasteiger charge is -1.97. The Morgan fingerprint density at radius 1 is 2.00 bits per heavy atom. The maximum absolute atomic E-state index is 5.27. The molecule has 0 aromatic carbocycles. The van der Waals surface area contributed by atoms with Crippen LogP contribution in [0, 0.1) is 0 Å². The van der Waals surface area contributed by atoms with E-state index in [1.165, 1.54) is 0 Å². The van der Waals surface area contributed by atoms with Crippen molar-refractivity contribution in [1.82, 2.24) is 0 Å². The molecule has 0 aliphatic carbocycles. The van der Waals surface area contributed by atoms with Crippen molar-refractivity contribution >= 4 is 21.8 Å². The van der Waals surface area contributed by atoms with Crippen LogP contribution in [-0.2, 0) is 4.74 Å². The lowest BCUT2D eigenvalue weighted by molar-refractivity contribution is 0.169. The highest BCUT2D eigenvalue weighted by atomic mass is 35.5. The SMILES string of the molecule is CCOC([Si])Cl. The van der Waals surface area contributed by atoms with Crippen LogP contribution < -0.4 is 0 Å². The Kier molecular flexibility index (Phi) is 3.93. The summed E-state index contributed by atoms with van der Waals surface area (Å²) in [6, 6.07) is 0. The van der Waals surface area contributed by atoms with Crippen LogP contribution in [0.1, 0.15) is 6.92 Å². The minimum atomic E-state index is -0.324. The smallest absolute Gasteiger partial charge is 0.111 e. The molecule has 0 saturated carbocycles. The molecule has 0 saturated heterocycles. The molecule has 0 aromatic rings. The molecule has 0 aliphatic rings. The fourth-order valence-corrected chi connectivity index (χ4v) is 0.439. The lowest BCUT2D eigenvalue weighted by atomic mass is 10.9. The van der Waals surface area contributed by atoms with Gasteiger partial charge < -0.3 is 4.74 Å². The van der Waals surface area contributed by atoms with Gasteiger partial charge in [0.1, 0.15) is 5.19 Å². The van der Waals surface area contributed by atoms with Crippen LogP contribution in [0.3, 0.4) is 0 Å². The summed E-state index contributed by atoms with van der Waals surface area (Å²) >= 11 is 5.27. The summed E-state index contributed by atoms with van der Waals surface area (Å²) in [4.78, 5) is 0. The van der Waals surface area contributed by atoms with Gasteiger partial charge in [0.15, 0.2) is 0 Å². The van der Waals surface area contributed by atoms with E-state index in [-0.39, 0.29) is 5.19 Å². The van der Waals surface area contributed by atoms with Crippen LogP contribution >= 0.6 is 11.6 Å². The van der Waals surface area contributed by atoms with Crippen LogP contribution in [0.5, 0.6) is 0 Å². The molecule has 6 heavy (non-hydrogen) atoms. The highest BCUT2D eigenvalue weighted by molar-refractivity contribution is 6.39. The first-order valence-electron chi connectivity index (χ1n) is 1.74. The molecule has 0 bridgehead atoms. The van der Waals surface area contributed by atoms with Gasteiger partial charge in [-0.2, -0.15) is 0 Å². The molecule has 35 valence electrons. The summed E-state index contributed by atoms with van der Waals surface area (Å²) < 4.78 is 4.72. The van der Waals surface area contributed by atoms with E-state index in [0.29, 0.717) is 6.61 Å². The van der Waals surface area contributed by atoms with Crippen molar-refractivity contribution in [2.75, 3.05) is 6.61 Å². The molecule has 0 spiro atoms. The van der Waals surface area contributed by atoms with Gasteiger partial charge in [-0.25, -0.2) is 0 Å². The third-order valence-corrected chi connectivity index (χ3v) is 0.606. The normalized spacial score (nSPS) is 14.5. The molecule has 0 aromatic heterocycles. The highest BCUT2D eigenvalue weighted by Crippen LogP contribution is 1.87. The molecule has 3 heteroatoms. The number of alkyl halides is 1.